The lowest BCUT2D eigenvalue weighted by molar-refractivity contribution is 0.368. The van der Waals surface area contributed by atoms with Crippen LogP contribution in [-0.2, 0) is 0 Å². The van der Waals surface area contributed by atoms with E-state index in [4.69, 9.17) is 0 Å². The summed E-state index contributed by atoms with van der Waals surface area (Å²) >= 11 is 0. The minimum Gasteiger partial charge on any atom is -0.418 e. The molecule has 1 aliphatic rings. The molecule has 0 atom stereocenters. The van der Waals surface area contributed by atoms with Crippen molar-refractivity contribution >= 4 is 7.25 Å². The van der Waals surface area contributed by atoms with Gasteiger partial charge >= 0.3 is 7.25 Å². The first kappa shape index (κ1) is 15.0. The van der Waals surface area contributed by atoms with Crippen LogP contribution in [0.15, 0.2) is 17.8 Å². The van der Waals surface area contributed by atoms with Crippen molar-refractivity contribution < 1.29 is 17.3 Å². The third-order valence-electron chi connectivity index (χ3n) is 1.85. The van der Waals surface area contributed by atoms with Crippen LogP contribution in [0.4, 0.5) is 17.3 Å². The lowest BCUT2D eigenvalue weighted by atomic mass is 10.2. The van der Waals surface area contributed by atoms with Crippen LogP contribution < -0.4 is 0 Å². The van der Waals surface area contributed by atoms with Crippen molar-refractivity contribution in [2.75, 3.05) is 13.1 Å². The molecular formula is C10H16BF4N. The van der Waals surface area contributed by atoms with E-state index in [0.29, 0.717) is 0 Å². The normalized spacial score (nSPS) is 14.9. The fourth-order valence-electron chi connectivity index (χ4n) is 1.20. The van der Waals surface area contributed by atoms with Gasteiger partial charge in [0.1, 0.15) is 6.20 Å². The summed E-state index contributed by atoms with van der Waals surface area (Å²) in [5, 5.41) is 0. The van der Waals surface area contributed by atoms with E-state index in [2.05, 4.69) is 31.0 Å². The molecular weight excluding hydrogens is 221 g/mol. The largest absolute Gasteiger partial charge is 0.673 e. The number of nitrogens with zero attached hydrogens (tertiary/aromatic N) is 1. The Balaban J connectivity index is 0.000000385. The fraction of sp³-hybridized carbons (Fsp3) is 0.600. The van der Waals surface area contributed by atoms with Crippen LogP contribution in [0.25, 0.3) is 0 Å². The van der Waals surface area contributed by atoms with Crippen molar-refractivity contribution in [2.24, 2.45) is 0 Å². The third-order valence-corrected chi connectivity index (χ3v) is 1.85. The van der Waals surface area contributed by atoms with Gasteiger partial charge in [-0.1, -0.05) is 13.3 Å². The smallest absolute Gasteiger partial charge is 0.418 e. The molecule has 0 aromatic heterocycles. The van der Waals surface area contributed by atoms with Gasteiger partial charge in [-0.2, -0.15) is 0 Å². The Bertz CT molecular complexity index is 242. The van der Waals surface area contributed by atoms with E-state index in [-0.39, 0.29) is 0 Å². The molecule has 1 heterocycles. The van der Waals surface area contributed by atoms with Crippen LogP contribution in [0.1, 0.15) is 26.7 Å². The Labute approximate surface area is 93.9 Å². The molecule has 6 heteroatoms. The van der Waals surface area contributed by atoms with Crippen LogP contribution >= 0.6 is 0 Å². The van der Waals surface area contributed by atoms with Gasteiger partial charge in [0.2, 0.25) is 0 Å². The van der Waals surface area contributed by atoms with Gasteiger partial charge in [0, 0.05) is 6.54 Å². The Kier molecular flexibility index (Phi) is 6.82. The zero-order valence-corrected chi connectivity index (χ0v) is 9.52. The van der Waals surface area contributed by atoms with Crippen molar-refractivity contribution in [1.29, 1.82) is 0 Å². The summed E-state index contributed by atoms with van der Waals surface area (Å²) in [5.41, 5.74) is 1.34. The second-order valence-electron chi connectivity index (χ2n) is 3.56. The number of hydrogen-bond donors (Lipinski definition) is 0. The van der Waals surface area contributed by atoms with Crippen molar-refractivity contribution in [3.63, 3.8) is 0 Å². The quantitative estimate of drug-likeness (QED) is 0.411. The monoisotopic (exact) mass is 237 g/mol. The number of allylic oxidation sites excluding steroid dienone is 2. The molecule has 0 fully saturated rings. The first-order valence-electron chi connectivity index (χ1n) is 5.20. The summed E-state index contributed by atoms with van der Waals surface area (Å²) in [6.45, 7) is 6.60. The van der Waals surface area contributed by atoms with Gasteiger partial charge in [-0.05, 0) is 13.3 Å². The molecule has 1 aliphatic heterocycles. The SMILES string of the molecule is CCCCN1C=C[C+]=C(C)C1.F[B-](F)(F)F. The topological polar surface area (TPSA) is 3.24 Å². The summed E-state index contributed by atoms with van der Waals surface area (Å²) in [4.78, 5) is 2.34. The number of halogens is 4. The molecule has 0 aliphatic carbocycles. The minimum absolute atomic E-state index is 1.07. The molecule has 0 saturated heterocycles. The molecule has 0 aromatic carbocycles. The Morgan fingerprint density at radius 2 is 1.94 bits per heavy atom. The highest BCUT2D eigenvalue weighted by atomic mass is 19.5. The Morgan fingerprint density at radius 3 is 2.38 bits per heavy atom. The lowest BCUT2D eigenvalue weighted by Crippen LogP contribution is -2.22. The Morgan fingerprint density at radius 1 is 1.38 bits per heavy atom. The van der Waals surface area contributed by atoms with Gasteiger partial charge in [0.05, 0.1) is 18.2 Å². The molecule has 0 bridgehead atoms. The Hall–Kier alpha value is -1.03. The summed E-state index contributed by atoms with van der Waals surface area (Å²) in [6.07, 6.45) is 9.88. The standard InChI is InChI=1S/C10H16N.BF4/c1-3-4-7-11-8-5-6-10(2)9-11;2-1(3,4)5/h5,8H,3-4,7,9H2,1-2H3;/q+1;-1. The fourth-order valence-corrected chi connectivity index (χ4v) is 1.20. The van der Waals surface area contributed by atoms with Gasteiger partial charge < -0.3 is 17.3 Å². The molecule has 16 heavy (non-hydrogen) atoms. The second kappa shape index (κ2) is 7.28. The maximum Gasteiger partial charge on any atom is 0.673 e. The van der Waals surface area contributed by atoms with Crippen LogP contribution in [0.3, 0.4) is 0 Å². The van der Waals surface area contributed by atoms with E-state index < -0.39 is 7.25 Å². The predicted octanol–water partition coefficient (Wildman–Crippen LogP) is 3.67. The van der Waals surface area contributed by atoms with Crippen molar-refractivity contribution in [2.45, 2.75) is 26.7 Å². The van der Waals surface area contributed by atoms with Gasteiger partial charge in [0.15, 0.2) is 6.08 Å². The summed E-state index contributed by atoms with van der Waals surface area (Å²) in [7, 11) is -6.00. The van der Waals surface area contributed by atoms with Crippen LogP contribution in [0.5, 0.6) is 0 Å². The first-order valence-corrected chi connectivity index (χ1v) is 5.20. The van der Waals surface area contributed by atoms with E-state index in [1.54, 1.807) is 0 Å². The van der Waals surface area contributed by atoms with E-state index in [1.165, 1.54) is 25.0 Å². The highest BCUT2D eigenvalue weighted by molar-refractivity contribution is 6.50. The molecule has 0 spiro atoms. The lowest BCUT2D eigenvalue weighted by Gasteiger charge is -2.15. The molecule has 0 aromatic rings. The minimum atomic E-state index is -6.00. The number of hydrogen-bond acceptors (Lipinski definition) is 1. The summed E-state index contributed by atoms with van der Waals surface area (Å²) in [5.74, 6) is 0. The van der Waals surface area contributed by atoms with Gasteiger partial charge in [-0.3, -0.25) is 4.90 Å². The average molecular weight is 237 g/mol. The predicted molar refractivity (Wildman–Crippen MR) is 58.2 cm³/mol. The van der Waals surface area contributed by atoms with Crippen molar-refractivity contribution in [1.82, 2.24) is 4.90 Å². The summed E-state index contributed by atoms with van der Waals surface area (Å²) in [6, 6.07) is 0. The van der Waals surface area contributed by atoms with Gasteiger partial charge in [0.25, 0.3) is 0 Å². The van der Waals surface area contributed by atoms with Gasteiger partial charge in [-0.15, -0.1) is 0 Å². The average Bonchev–Trinajstić information content (AvgIpc) is 2.12. The molecule has 1 rings (SSSR count). The molecule has 1 nitrogen and oxygen atoms in total. The maximum absolute atomic E-state index is 9.75. The van der Waals surface area contributed by atoms with Crippen LogP contribution in [0.2, 0.25) is 0 Å². The summed E-state index contributed by atoms with van der Waals surface area (Å²) < 4.78 is 39.0. The second-order valence-corrected chi connectivity index (χ2v) is 3.56. The van der Waals surface area contributed by atoms with Crippen LogP contribution in [0, 0.1) is 6.08 Å². The molecule has 0 N–H and O–H groups in total. The van der Waals surface area contributed by atoms with E-state index in [0.717, 1.165) is 6.54 Å². The van der Waals surface area contributed by atoms with Crippen LogP contribution in [-0.4, -0.2) is 25.2 Å². The zero-order chi connectivity index (χ0) is 12.6. The maximum atomic E-state index is 9.75. The molecule has 0 amide bonds. The third kappa shape index (κ3) is 11.1. The highest BCUT2D eigenvalue weighted by Crippen LogP contribution is 2.07. The highest BCUT2D eigenvalue weighted by Gasteiger charge is 2.20. The first-order chi connectivity index (χ1) is 7.33. The number of rotatable bonds is 3. The van der Waals surface area contributed by atoms with E-state index in [1.807, 2.05) is 6.08 Å². The van der Waals surface area contributed by atoms with Gasteiger partial charge in [-0.25, -0.2) is 0 Å². The zero-order valence-electron chi connectivity index (χ0n) is 9.52. The molecule has 0 unspecified atom stereocenters. The van der Waals surface area contributed by atoms with E-state index >= 15 is 0 Å². The molecule has 92 valence electrons. The van der Waals surface area contributed by atoms with Crippen molar-refractivity contribution in [3.8, 4) is 0 Å². The van der Waals surface area contributed by atoms with Crippen molar-refractivity contribution in [3.05, 3.63) is 23.9 Å². The molecule has 0 radical (unpaired) electrons. The van der Waals surface area contributed by atoms with E-state index in [9.17, 15) is 17.3 Å². The molecule has 0 saturated carbocycles. The number of unbranched alkanes of at least 4 members (excludes halogenated alkanes) is 1.